The average Bonchev–Trinajstić information content (AvgIpc) is 3.04. The van der Waals surface area contributed by atoms with Gasteiger partial charge in [-0.15, -0.1) is 0 Å². The summed E-state index contributed by atoms with van der Waals surface area (Å²) < 4.78 is 10.7. The van der Waals surface area contributed by atoms with Crippen LogP contribution in [0.1, 0.15) is 12.8 Å². The lowest BCUT2D eigenvalue weighted by atomic mass is 10.2. The maximum absolute atomic E-state index is 5.42. The molecule has 1 N–H and O–H groups in total. The number of rotatable bonds is 6. The van der Waals surface area contributed by atoms with Crippen LogP contribution in [0.25, 0.3) is 11.4 Å². The van der Waals surface area contributed by atoms with Crippen LogP contribution in [0.4, 0.5) is 5.69 Å². The minimum absolute atomic E-state index is 0.494. The van der Waals surface area contributed by atoms with Crippen LogP contribution in [0, 0.1) is 0 Å². The molecule has 0 atom stereocenters. The second kappa shape index (κ2) is 6.76. The zero-order valence-corrected chi connectivity index (χ0v) is 12.3. The quantitative estimate of drug-likeness (QED) is 0.750. The average molecular weight is 295 g/mol. The number of anilines is 1. The molecule has 0 aliphatic heterocycles. The normalized spacial score (nSPS) is 10.4. The van der Waals surface area contributed by atoms with Gasteiger partial charge in [-0.05, 0) is 43.3 Å². The van der Waals surface area contributed by atoms with Crippen molar-refractivity contribution in [3.05, 3.63) is 60.5 Å². The van der Waals surface area contributed by atoms with Gasteiger partial charge in [0.25, 0.3) is 0 Å². The fourth-order valence-electron chi connectivity index (χ4n) is 2.04. The van der Waals surface area contributed by atoms with E-state index in [1.807, 2.05) is 61.5 Å². The first-order valence-corrected chi connectivity index (χ1v) is 7.20. The molecule has 0 unspecified atom stereocenters. The molecule has 5 nitrogen and oxygen atoms in total. The van der Waals surface area contributed by atoms with Crippen molar-refractivity contribution >= 4 is 5.69 Å². The lowest BCUT2D eigenvalue weighted by Crippen LogP contribution is -1.99. The molecule has 1 aromatic heterocycles. The molecule has 3 aromatic rings. The highest BCUT2D eigenvalue weighted by molar-refractivity contribution is 5.55. The summed E-state index contributed by atoms with van der Waals surface area (Å²) in [5.41, 5.74) is 1.92. The van der Waals surface area contributed by atoms with Gasteiger partial charge in [0, 0.05) is 11.3 Å². The van der Waals surface area contributed by atoms with Crippen LogP contribution >= 0.6 is 0 Å². The SMILES string of the molecule is CCOc1ccc(-c2noc(CNc3ccccc3)n2)cc1. The van der Waals surface area contributed by atoms with Crippen molar-refractivity contribution in [2.24, 2.45) is 0 Å². The van der Waals surface area contributed by atoms with E-state index in [4.69, 9.17) is 9.26 Å². The van der Waals surface area contributed by atoms with E-state index in [2.05, 4.69) is 15.5 Å². The highest BCUT2D eigenvalue weighted by Gasteiger charge is 2.08. The van der Waals surface area contributed by atoms with Crippen LogP contribution in [-0.2, 0) is 6.54 Å². The van der Waals surface area contributed by atoms with Crippen LogP contribution in [0.15, 0.2) is 59.1 Å². The van der Waals surface area contributed by atoms with Crippen LogP contribution in [0.2, 0.25) is 0 Å². The lowest BCUT2D eigenvalue weighted by molar-refractivity contribution is 0.340. The Morgan fingerprint density at radius 2 is 1.82 bits per heavy atom. The zero-order chi connectivity index (χ0) is 15.2. The van der Waals surface area contributed by atoms with Crippen molar-refractivity contribution < 1.29 is 9.26 Å². The summed E-state index contributed by atoms with van der Waals surface area (Å²) in [7, 11) is 0. The zero-order valence-electron chi connectivity index (χ0n) is 12.3. The van der Waals surface area contributed by atoms with Gasteiger partial charge in [-0.2, -0.15) is 4.98 Å². The fraction of sp³-hybridized carbons (Fsp3) is 0.176. The van der Waals surface area contributed by atoms with E-state index in [0.29, 0.717) is 24.9 Å². The van der Waals surface area contributed by atoms with Gasteiger partial charge in [-0.25, -0.2) is 0 Å². The molecular weight excluding hydrogens is 278 g/mol. The number of para-hydroxylation sites is 1. The summed E-state index contributed by atoms with van der Waals surface area (Å²) in [6.07, 6.45) is 0. The molecule has 0 amide bonds. The standard InChI is InChI=1S/C17H17N3O2/c1-2-21-15-10-8-13(9-11-15)17-19-16(22-20-17)12-18-14-6-4-3-5-7-14/h3-11,18H,2,12H2,1H3. The van der Waals surface area contributed by atoms with Gasteiger partial charge in [0.15, 0.2) is 0 Å². The minimum Gasteiger partial charge on any atom is -0.494 e. The number of ether oxygens (including phenoxy) is 1. The Morgan fingerprint density at radius 1 is 1.05 bits per heavy atom. The molecule has 5 heteroatoms. The van der Waals surface area contributed by atoms with E-state index in [0.717, 1.165) is 17.0 Å². The third kappa shape index (κ3) is 3.44. The first-order chi connectivity index (χ1) is 10.8. The second-order valence-corrected chi connectivity index (χ2v) is 4.69. The number of benzene rings is 2. The van der Waals surface area contributed by atoms with Gasteiger partial charge in [-0.3, -0.25) is 0 Å². The molecule has 2 aromatic carbocycles. The largest absolute Gasteiger partial charge is 0.494 e. The summed E-state index contributed by atoms with van der Waals surface area (Å²) in [6.45, 7) is 3.10. The molecule has 3 rings (SSSR count). The molecule has 0 fully saturated rings. The Kier molecular flexibility index (Phi) is 4.34. The summed E-state index contributed by atoms with van der Waals surface area (Å²) in [5, 5.41) is 7.24. The smallest absolute Gasteiger partial charge is 0.246 e. The fourth-order valence-corrected chi connectivity index (χ4v) is 2.04. The number of nitrogens with one attached hydrogen (secondary N) is 1. The first kappa shape index (κ1) is 14.1. The predicted molar refractivity (Wildman–Crippen MR) is 84.7 cm³/mol. The lowest BCUT2D eigenvalue weighted by Gasteiger charge is -2.02. The summed E-state index contributed by atoms with van der Waals surface area (Å²) >= 11 is 0. The predicted octanol–water partition coefficient (Wildman–Crippen LogP) is 3.75. The summed E-state index contributed by atoms with van der Waals surface area (Å²) in [5.74, 6) is 1.96. The molecule has 0 saturated heterocycles. The van der Waals surface area contributed by atoms with E-state index in [9.17, 15) is 0 Å². The monoisotopic (exact) mass is 295 g/mol. The highest BCUT2D eigenvalue weighted by atomic mass is 16.5. The molecule has 22 heavy (non-hydrogen) atoms. The molecule has 0 radical (unpaired) electrons. The summed E-state index contributed by atoms with van der Waals surface area (Å²) in [6, 6.07) is 17.5. The van der Waals surface area contributed by atoms with Gasteiger partial charge in [0.1, 0.15) is 5.75 Å². The molecule has 0 spiro atoms. The van der Waals surface area contributed by atoms with Crippen molar-refractivity contribution in [3.63, 3.8) is 0 Å². The molecule has 0 bridgehead atoms. The summed E-state index contributed by atoms with van der Waals surface area (Å²) in [4.78, 5) is 4.39. The van der Waals surface area contributed by atoms with Crippen LogP contribution in [0.5, 0.6) is 5.75 Å². The van der Waals surface area contributed by atoms with Crippen LogP contribution in [0.3, 0.4) is 0 Å². The third-order valence-corrected chi connectivity index (χ3v) is 3.11. The topological polar surface area (TPSA) is 60.2 Å². The van der Waals surface area contributed by atoms with Gasteiger partial charge < -0.3 is 14.6 Å². The molecule has 0 saturated carbocycles. The molecule has 1 heterocycles. The van der Waals surface area contributed by atoms with Crippen LogP contribution < -0.4 is 10.1 Å². The van der Waals surface area contributed by atoms with E-state index >= 15 is 0 Å². The van der Waals surface area contributed by atoms with Crippen molar-refractivity contribution in [1.29, 1.82) is 0 Å². The number of aromatic nitrogens is 2. The van der Waals surface area contributed by atoms with Crippen molar-refractivity contribution in [1.82, 2.24) is 10.1 Å². The number of nitrogens with zero attached hydrogens (tertiary/aromatic N) is 2. The van der Waals surface area contributed by atoms with Crippen molar-refractivity contribution in [2.75, 3.05) is 11.9 Å². The third-order valence-electron chi connectivity index (χ3n) is 3.11. The van der Waals surface area contributed by atoms with E-state index in [1.165, 1.54) is 0 Å². The molecule has 0 aliphatic rings. The maximum atomic E-state index is 5.42. The van der Waals surface area contributed by atoms with Crippen molar-refractivity contribution in [2.45, 2.75) is 13.5 Å². The van der Waals surface area contributed by atoms with E-state index in [-0.39, 0.29) is 0 Å². The first-order valence-electron chi connectivity index (χ1n) is 7.20. The Hall–Kier alpha value is -2.82. The Bertz CT molecular complexity index is 708. The van der Waals surface area contributed by atoms with E-state index in [1.54, 1.807) is 0 Å². The van der Waals surface area contributed by atoms with Gasteiger partial charge in [0.2, 0.25) is 11.7 Å². The van der Waals surface area contributed by atoms with Gasteiger partial charge in [-0.1, -0.05) is 23.4 Å². The Morgan fingerprint density at radius 3 is 2.55 bits per heavy atom. The van der Waals surface area contributed by atoms with Gasteiger partial charge >= 0.3 is 0 Å². The van der Waals surface area contributed by atoms with Crippen molar-refractivity contribution in [3.8, 4) is 17.1 Å². The number of hydrogen-bond acceptors (Lipinski definition) is 5. The molecule has 112 valence electrons. The maximum Gasteiger partial charge on any atom is 0.246 e. The Labute approximate surface area is 128 Å². The molecular formula is C17H17N3O2. The second-order valence-electron chi connectivity index (χ2n) is 4.69. The molecule has 0 aliphatic carbocycles. The van der Waals surface area contributed by atoms with Crippen LogP contribution in [-0.4, -0.2) is 16.7 Å². The Balaban J connectivity index is 1.65. The van der Waals surface area contributed by atoms with E-state index < -0.39 is 0 Å². The van der Waals surface area contributed by atoms with Gasteiger partial charge in [0.05, 0.1) is 13.2 Å². The number of hydrogen-bond donors (Lipinski definition) is 1. The highest BCUT2D eigenvalue weighted by Crippen LogP contribution is 2.20. The minimum atomic E-state index is 0.494.